The molecule has 0 bridgehead atoms. The van der Waals surface area contributed by atoms with Crippen LogP contribution in [0, 0.1) is 0 Å². The minimum Gasteiger partial charge on any atom is -0.493 e. The molecule has 1 N–H and O–H groups in total. The fourth-order valence-corrected chi connectivity index (χ4v) is 2.80. The first-order chi connectivity index (χ1) is 11.8. The first-order valence-corrected chi connectivity index (χ1v) is 8.09. The molecule has 1 heterocycles. The molecule has 1 amide bonds. The van der Waals surface area contributed by atoms with Crippen LogP contribution in [0.25, 0.3) is 0 Å². The summed E-state index contributed by atoms with van der Waals surface area (Å²) in [7, 11) is 0. The van der Waals surface area contributed by atoms with Crippen LogP contribution in [0.15, 0.2) is 53.6 Å². The maximum Gasteiger partial charge on any atom is 0.254 e. The van der Waals surface area contributed by atoms with Crippen molar-refractivity contribution in [2.45, 2.75) is 20.0 Å². The zero-order valence-electron chi connectivity index (χ0n) is 13.7. The van der Waals surface area contributed by atoms with Gasteiger partial charge in [-0.1, -0.05) is 36.4 Å². The van der Waals surface area contributed by atoms with E-state index in [0.29, 0.717) is 13.2 Å². The van der Waals surface area contributed by atoms with E-state index < -0.39 is 0 Å². The summed E-state index contributed by atoms with van der Waals surface area (Å²) in [6.45, 7) is 4.47. The second kappa shape index (κ2) is 7.75. The van der Waals surface area contributed by atoms with Gasteiger partial charge >= 0.3 is 0 Å². The van der Waals surface area contributed by atoms with E-state index in [9.17, 15) is 4.79 Å². The molecule has 0 unspecified atom stereocenters. The highest BCUT2D eigenvalue weighted by molar-refractivity contribution is 5.85. The third-order valence-electron chi connectivity index (χ3n) is 3.89. The number of hydrogen-bond donors (Lipinski definition) is 1. The topological polar surface area (TPSA) is 53.9 Å². The summed E-state index contributed by atoms with van der Waals surface area (Å²) < 4.78 is 5.53. The molecule has 0 atom stereocenters. The lowest BCUT2D eigenvalue weighted by atomic mass is 10.1. The van der Waals surface area contributed by atoms with Gasteiger partial charge in [-0.3, -0.25) is 9.69 Å². The van der Waals surface area contributed by atoms with Crippen LogP contribution in [0.2, 0.25) is 0 Å². The van der Waals surface area contributed by atoms with Crippen molar-refractivity contribution >= 4 is 12.1 Å². The van der Waals surface area contributed by atoms with Gasteiger partial charge in [-0.2, -0.15) is 5.10 Å². The van der Waals surface area contributed by atoms with Crippen molar-refractivity contribution in [2.75, 3.05) is 13.2 Å². The molecule has 2 aromatic carbocycles. The second-order valence-electron chi connectivity index (χ2n) is 5.68. The van der Waals surface area contributed by atoms with Gasteiger partial charge in [-0.05, 0) is 30.2 Å². The highest BCUT2D eigenvalue weighted by Gasteiger charge is 2.19. The van der Waals surface area contributed by atoms with Gasteiger partial charge in [-0.15, -0.1) is 0 Å². The van der Waals surface area contributed by atoms with Crippen LogP contribution in [0.3, 0.4) is 0 Å². The van der Waals surface area contributed by atoms with Crippen LogP contribution in [-0.2, 0) is 17.9 Å². The number of carbonyl (C=O) groups excluding carboxylic acids is 1. The van der Waals surface area contributed by atoms with E-state index in [1.165, 1.54) is 11.1 Å². The van der Waals surface area contributed by atoms with E-state index in [2.05, 4.69) is 27.6 Å². The van der Waals surface area contributed by atoms with E-state index in [1.807, 2.05) is 43.3 Å². The molecule has 3 rings (SSSR count). The number of benzene rings is 2. The highest BCUT2D eigenvalue weighted by atomic mass is 16.5. The summed E-state index contributed by atoms with van der Waals surface area (Å²) in [4.78, 5) is 14.2. The van der Waals surface area contributed by atoms with Gasteiger partial charge in [0, 0.05) is 18.7 Å². The largest absolute Gasteiger partial charge is 0.493 e. The molecule has 0 radical (unpaired) electrons. The molecule has 5 heteroatoms. The van der Waals surface area contributed by atoms with Crippen molar-refractivity contribution in [3.05, 3.63) is 65.2 Å². The minimum atomic E-state index is -0.118. The number of nitrogens with zero attached hydrogens (tertiary/aromatic N) is 2. The van der Waals surface area contributed by atoms with Crippen molar-refractivity contribution in [1.82, 2.24) is 10.3 Å². The Kier molecular flexibility index (Phi) is 5.23. The van der Waals surface area contributed by atoms with E-state index >= 15 is 0 Å². The molecule has 0 spiro atoms. The zero-order valence-corrected chi connectivity index (χ0v) is 13.7. The third kappa shape index (κ3) is 4.00. The standard InChI is InChI=1S/C19H21N3O2/c1-2-24-18-10-6-5-7-15(18)11-20-21-19(23)14-22-12-16-8-3-4-9-17(16)13-22/h3-11H,2,12-14H2,1H3,(H,21,23)/b20-11-. The Bertz CT molecular complexity index is 718. The number of para-hydroxylation sites is 1. The molecule has 0 saturated heterocycles. The molecule has 124 valence electrons. The number of ether oxygens (including phenoxy) is 1. The van der Waals surface area contributed by atoms with Crippen LogP contribution in [0.4, 0.5) is 0 Å². The molecule has 0 aromatic heterocycles. The molecule has 1 aliphatic rings. The Balaban J connectivity index is 1.52. The fourth-order valence-electron chi connectivity index (χ4n) is 2.80. The number of nitrogens with one attached hydrogen (secondary N) is 1. The van der Waals surface area contributed by atoms with Gasteiger partial charge in [0.05, 0.1) is 19.4 Å². The number of hydrogen-bond acceptors (Lipinski definition) is 4. The highest BCUT2D eigenvalue weighted by Crippen LogP contribution is 2.21. The normalized spacial score (nSPS) is 13.9. The maximum absolute atomic E-state index is 12.1. The summed E-state index contributed by atoms with van der Waals surface area (Å²) in [5, 5.41) is 4.04. The summed E-state index contributed by atoms with van der Waals surface area (Å²) in [5.41, 5.74) is 6.01. The SMILES string of the molecule is CCOc1ccccc1/C=N\NC(=O)CN1Cc2ccccc2C1. The van der Waals surface area contributed by atoms with E-state index in [1.54, 1.807) is 6.21 Å². The molecule has 2 aromatic rings. The van der Waals surface area contributed by atoms with Crippen molar-refractivity contribution in [3.63, 3.8) is 0 Å². The molecule has 24 heavy (non-hydrogen) atoms. The molecule has 5 nitrogen and oxygen atoms in total. The smallest absolute Gasteiger partial charge is 0.254 e. The predicted octanol–water partition coefficient (Wildman–Crippen LogP) is 2.55. The summed E-state index contributed by atoms with van der Waals surface area (Å²) in [6, 6.07) is 15.9. The third-order valence-corrected chi connectivity index (χ3v) is 3.89. The predicted molar refractivity (Wildman–Crippen MR) is 93.9 cm³/mol. The van der Waals surface area contributed by atoms with Gasteiger partial charge in [-0.25, -0.2) is 5.43 Å². The Morgan fingerprint density at radius 3 is 2.54 bits per heavy atom. The van der Waals surface area contributed by atoms with Crippen LogP contribution in [-0.4, -0.2) is 30.2 Å². The van der Waals surface area contributed by atoms with E-state index in [-0.39, 0.29) is 5.91 Å². The number of fused-ring (bicyclic) bond motifs is 1. The van der Waals surface area contributed by atoms with Gasteiger partial charge < -0.3 is 4.74 Å². The van der Waals surface area contributed by atoms with Crippen molar-refractivity contribution in [1.29, 1.82) is 0 Å². The number of amides is 1. The van der Waals surface area contributed by atoms with Crippen LogP contribution < -0.4 is 10.2 Å². The van der Waals surface area contributed by atoms with Crippen molar-refractivity contribution in [3.8, 4) is 5.75 Å². The Morgan fingerprint density at radius 2 is 1.83 bits per heavy atom. The maximum atomic E-state index is 12.1. The average Bonchev–Trinajstić information content (AvgIpc) is 2.98. The van der Waals surface area contributed by atoms with E-state index in [0.717, 1.165) is 24.4 Å². The van der Waals surface area contributed by atoms with Gasteiger partial charge in [0.25, 0.3) is 5.91 Å². The monoisotopic (exact) mass is 323 g/mol. The first kappa shape index (κ1) is 16.2. The molecule has 0 fully saturated rings. The Labute approximate surface area is 141 Å². The number of carbonyl (C=O) groups is 1. The van der Waals surface area contributed by atoms with Crippen LogP contribution in [0.5, 0.6) is 5.75 Å². The fraction of sp³-hybridized carbons (Fsp3) is 0.263. The molecular weight excluding hydrogens is 302 g/mol. The van der Waals surface area contributed by atoms with Crippen LogP contribution in [0.1, 0.15) is 23.6 Å². The van der Waals surface area contributed by atoms with E-state index in [4.69, 9.17) is 4.74 Å². The molecule has 0 saturated carbocycles. The minimum absolute atomic E-state index is 0.118. The van der Waals surface area contributed by atoms with Gasteiger partial charge in [0.1, 0.15) is 5.75 Å². The summed E-state index contributed by atoms with van der Waals surface area (Å²) in [6.07, 6.45) is 1.61. The second-order valence-corrected chi connectivity index (χ2v) is 5.68. The lowest BCUT2D eigenvalue weighted by Gasteiger charge is -2.12. The van der Waals surface area contributed by atoms with Crippen molar-refractivity contribution in [2.24, 2.45) is 5.10 Å². The number of hydrazone groups is 1. The van der Waals surface area contributed by atoms with Gasteiger partial charge in [0.2, 0.25) is 0 Å². The quantitative estimate of drug-likeness (QED) is 0.656. The number of rotatable bonds is 6. The summed E-state index contributed by atoms with van der Waals surface area (Å²) in [5.74, 6) is 0.640. The van der Waals surface area contributed by atoms with Crippen LogP contribution >= 0.6 is 0 Å². The lowest BCUT2D eigenvalue weighted by molar-refractivity contribution is -0.122. The molecule has 1 aliphatic heterocycles. The average molecular weight is 323 g/mol. The molecule has 0 aliphatic carbocycles. The zero-order chi connectivity index (χ0) is 16.8. The molecular formula is C19H21N3O2. The lowest BCUT2D eigenvalue weighted by Crippen LogP contribution is -2.32. The Morgan fingerprint density at radius 1 is 1.17 bits per heavy atom. The Hall–Kier alpha value is -2.66. The summed E-state index contributed by atoms with van der Waals surface area (Å²) >= 11 is 0. The van der Waals surface area contributed by atoms with Gasteiger partial charge in [0.15, 0.2) is 0 Å². The van der Waals surface area contributed by atoms with Crippen molar-refractivity contribution < 1.29 is 9.53 Å². The first-order valence-electron chi connectivity index (χ1n) is 8.09.